The molecule has 1 spiro atoms. The van der Waals surface area contributed by atoms with Gasteiger partial charge < -0.3 is 14.3 Å². The van der Waals surface area contributed by atoms with Gasteiger partial charge in [0, 0.05) is 30.4 Å². The highest BCUT2D eigenvalue weighted by Gasteiger charge is 2.39. The van der Waals surface area contributed by atoms with Crippen LogP contribution in [-0.4, -0.2) is 44.1 Å². The fourth-order valence-corrected chi connectivity index (χ4v) is 3.57. The first-order chi connectivity index (χ1) is 14.6. The van der Waals surface area contributed by atoms with E-state index in [1.54, 1.807) is 37.5 Å². The maximum atomic E-state index is 12.2. The zero-order valence-electron chi connectivity index (χ0n) is 17.0. The van der Waals surface area contributed by atoms with Crippen molar-refractivity contribution in [1.82, 2.24) is 10.5 Å². The zero-order chi connectivity index (χ0) is 21.0. The highest BCUT2D eigenvalue weighted by Crippen LogP contribution is 2.35. The Balaban J connectivity index is 1.32. The molecule has 0 aliphatic carbocycles. The molecular formula is C22H25N3O5. The average Bonchev–Trinajstić information content (AvgIpc) is 3.19. The monoisotopic (exact) mass is 411 g/mol. The van der Waals surface area contributed by atoms with E-state index in [0.29, 0.717) is 37.4 Å². The lowest BCUT2D eigenvalue weighted by molar-refractivity contribution is -0.153. The Labute approximate surface area is 175 Å². The maximum absolute atomic E-state index is 12.2. The summed E-state index contributed by atoms with van der Waals surface area (Å²) in [5, 5.41) is 4.37. The third-order valence-electron chi connectivity index (χ3n) is 5.25. The van der Waals surface area contributed by atoms with Crippen LogP contribution in [0.4, 0.5) is 10.5 Å². The highest BCUT2D eigenvalue weighted by molar-refractivity contribution is 5.84. The summed E-state index contributed by atoms with van der Waals surface area (Å²) >= 11 is 0. The average molecular weight is 411 g/mol. The number of hydrogen-bond donors (Lipinski definition) is 2. The van der Waals surface area contributed by atoms with Crippen LogP contribution in [0.25, 0.3) is 5.70 Å². The molecule has 30 heavy (non-hydrogen) atoms. The lowest BCUT2D eigenvalue weighted by atomic mass is 9.91. The molecule has 0 atom stereocenters. The minimum atomic E-state index is -0.530. The van der Waals surface area contributed by atoms with Crippen molar-refractivity contribution in [2.75, 3.05) is 32.6 Å². The minimum Gasteiger partial charge on any atom is -0.497 e. The van der Waals surface area contributed by atoms with Crippen molar-refractivity contribution in [3.05, 3.63) is 60.2 Å². The van der Waals surface area contributed by atoms with Crippen molar-refractivity contribution in [3.63, 3.8) is 0 Å². The van der Waals surface area contributed by atoms with Crippen LogP contribution in [0.15, 0.2) is 54.6 Å². The van der Waals surface area contributed by atoms with Gasteiger partial charge in [-0.15, -0.1) is 5.06 Å². The molecule has 0 saturated carbocycles. The fourth-order valence-electron chi connectivity index (χ4n) is 3.57. The number of amides is 1. The van der Waals surface area contributed by atoms with Crippen LogP contribution in [-0.2, 0) is 9.68 Å². The highest BCUT2D eigenvalue weighted by atomic mass is 16.7. The number of piperidine rings is 1. The summed E-state index contributed by atoms with van der Waals surface area (Å²) in [6, 6.07) is 14.9. The van der Waals surface area contributed by atoms with E-state index in [0.717, 1.165) is 17.0 Å². The van der Waals surface area contributed by atoms with E-state index in [1.165, 1.54) is 0 Å². The van der Waals surface area contributed by atoms with E-state index in [4.69, 9.17) is 19.1 Å². The number of carbonyl (C=O) groups is 1. The fraction of sp³-hybridized carbons (Fsp3) is 0.318. The summed E-state index contributed by atoms with van der Waals surface area (Å²) in [6.45, 7) is 1.13. The van der Waals surface area contributed by atoms with Crippen LogP contribution in [0.5, 0.6) is 11.5 Å². The van der Waals surface area contributed by atoms with Gasteiger partial charge in [0.15, 0.2) is 0 Å². The molecule has 0 aromatic heterocycles. The Hall–Kier alpha value is -3.23. The smallest absolute Gasteiger partial charge is 0.430 e. The van der Waals surface area contributed by atoms with Gasteiger partial charge in [0.25, 0.3) is 0 Å². The number of rotatable bonds is 5. The third kappa shape index (κ3) is 4.50. The second kappa shape index (κ2) is 8.64. The van der Waals surface area contributed by atoms with Gasteiger partial charge in [0.05, 0.1) is 19.9 Å². The van der Waals surface area contributed by atoms with Gasteiger partial charge in [-0.1, -0.05) is 18.2 Å². The molecule has 0 unspecified atom stereocenters. The normalized spacial score (nSPS) is 17.7. The van der Waals surface area contributed by atoms with Crippen LogP contribution < -0.4 is 20.3 Å². The molecule has 2 aromatic carbocycles. The van der Waals surface area contributed by atoms with E-state index in [1.807, 2.05) is 30.3 Å². The summed E-state index contributed by atoms with van der Waals surface area (Å²) in [5.74, 6) is 1.46. The van der Waals surface area contributed by atoms with Crippen LogP contribution in [0.3, 0.4) is 0 Å². The molecule has 8 nitrogen and oxygen atoms in total. The first-order valence-corrected chi connectivity index (χ1v) is 9.78. The van der Waals surface area contributed by atoms with E-state index >= 15 is 0 Å². The van der Waals surface area contributed by atoms with Gasteiger partial charge in [-0.3, -0.25) is 15.6 Å². The van der Waals surface area contributed by atoms with Gasteiger partial charge in [0.2, 0.25) is 0 Å². The Morgan fingerprint density at radius 2 is 1.77 bits per heavy atom. The molecule has 0 bridgehead atoms. The predicted molar refractivity (Wildman–Crippen MR) is 112 cm³/mol. The van der Waals surface area contributed by atoms with Crippen LogP contribution >= 0.6 is 0 Å². The standard InChI is InChI=1S/C22H25N3O5/c1-27-18-7-3-5-16(13-18)20-15-22(30-24-20)9-11-25(12-10-22)29-21(26)23-17-6-4-8-19(14-17)28-2/h3-8,13-15,24H,9-12H2,1-2H3,(H,23,26). The molecular weight excluding hydrogens is 386 g/mol. The van der Waals surface area contributed by atoms with Gasteiger partial charge >= 0.3 is 6.09 Å². The second-order valence-electron chi connectivity index (χ2n) is 7.22. The Morgan fingerprint density at radius 1 is 1.07 bits per heavy atom. The van der Waals surface area contributed by atoms with Crippen molar-refractivity contribution < 1.29 is 23.9 Å². The number of ether oxygens (including phenoxy) is 2. The number of hydrogen-bond acceptors (Lipinski definition) is 7. The van der Waals surface area contributed by atoms with Crippen molar-refractivity contribution in [1.29, 1.82) is 0 Å². The topological polar surface area (TPSA) is 81.3 Å². The largest absolute Gasteiger partial charge is 0.497 e. The molecule has 2 N–H and O–H groups in total. The van der Waals surface area contributed by atoms with Crippen molar-refractivity contribution in [2.45, 2.75) is 18.4 Å². The number of nitrogens with zero attached hydrogens (tertiary/aromatic N) is 1. The van der Waals surface area contributed by atoms with Gasteiger partial charge in [0.1, 0.15) is 17.1 Å². The van der Waals surface area contributed by atoms with Crippen molar-refractivity contribution >= 4 is 17.5 Å². The van der Waals surface area contributed by atoms with Gasteiger partial charge in [-0.2, -0.15) is 0 Å². The molecule has 1 fully saturated rings. The Bertz CT molecular complexity index is 938. The van der Waals surface area contributed by atoms with Crippen LogP contribution in [0.2, 0.25) is 0 Å². The summed E-state index contributed by atoms with van der Waals surface area (Å²) in [4.78, 5) is 23.6. The zero-order valence-corrected chi connectivity index (χ0v) is 17.0. The number of carbonyl (C=O) groups excluding carboxylic acids is 1. The van der Waals surface area contributed by atoms with Crippen molar-refractivity contribution in [3.8, 4) is 11.5 Å². The Morgan fingerprint density at radius 3 is 2.50 bits per heavy atom. The second-order valence-corrected chi connectivity index (χ2v) is 7.22. The van der Waals surface area contributed by atoms with E-state index < -0.39 is 11.7 Å². The van der Waals surface area contributed by atoms with Gasteiger partial charge in [-0.25, -0.2) is 4.79 Å². The summed E-state index contributed by atoms with van der Waals surface area (Å²) in [5.41, 5.74) is 5.15. The molecule has 2 aliphatic heterocycles. The molecule has 1 saturated heterocycles. The molecule has 2 aliphatic rings. The molecule has 2 heterocycles. The van der Waals surface area contributed by atoms with Gasteiger partial charge in [-0.05, 0) is 43.2 Å². The van der Waals surface area contributed by atoms with Crippen LogP contribution in [0, 0.1) is 0 Å². The lowest BCUT2D eigenvalue weighted by Gasteiger charge is -2.35. The number of hydroxylamine groups is 3. The van der Waals surface area contributed by atoms with Crippen LogP contribution in [0.1, 0.15) is 18.4 Å². The third-order valence-corrected chi connectivity index (χ3v) is 5.25. The summed E-state index contributed by atoms with van der Waals surface area (Å²) < 4.78 is 10.5. The maximum Gasteiger partial charge on any atom is 0.430 e. The molecule has 0 radical (unpaired) electrons. The molecule has 8 heteroatoms. The molecule has 158 valence electrons. The Kier molecular flexibility index (Phi) is 5.78. The van der Waals surface area contributed by atoms with E-state index in [2.05, 4.69) is 16.9 Å². The summed E-state index contributed by atoms with van der Waals surface area (Å²) in [7, 11) is 3.23. The SMILES string of the molecule is COc1cccc(NC(=O)ON2CCC3(C=C(c4cccc(OC)c4)NO3)CC2)c1. The summed E-state index contributed by atoms with van der Waals surface area (Å²) in [6.07, 6.45) is 2.96. The predicted octanol–water partition coefficient (Wildman–Crippen LogP) is 3.58. The molecule has 2 aromatic rings. The minimum absolute atomic E-state index is 0.415. The lowest BCUT2D eigenvalue weighted by Crippen LogP contribution is -2.45. The first kappa shape index (κ1) is 20.1. The molecule has 4 rings (SSSR count). The number of methoxy groups -OCH3 is 2. The van der Waals surface area contributed by atoms with Crippen molar-refractivity contribution in [2.24, 2.45) is 0 Å². The number of anilines is 1. The van der Waals surface area contributed by atoms with E-state index in [9.17, 15) is 4.79 Å². The number of nitrogens with one attached hydrogen (secondary N) is 2. The molecule has 1 amide bonds. The quantitative estimate of drug-likeness (QED) is 0.778. The number of benzene rings is 2. The first-order valence-electron chi connectivity index (χ1n) is 9.78. The van der Waals surface area contributed by atoms with E-state index in [-0.39, 0.29) is 0 Å².